The van der Waals surface area contributed by atoms with E-state index in [4.69, 9.17) is 0 Å². The maximum atomic E-state index is 2.62. The zero-order valence-electron chi connectivity index (χ0n) is 7.43. The minimum Gasteiger partial charge on any atom is -0.298 e. The van der Waals surface area contributed by atoms with Crippen LogP contribution in [0.25, 0.3) is 0 Å². The van der Waals surface area contributed by atoms with Crippen molar-refractivity contribution >= 4 is 0 Å². The third kappa shape index (κ3) is 1.51. The molecule has 1 nitrogen and oxygen atoms in total. The summed E-state index contributed by atoms with van der Waals surface area (Å²) in [5, 5.41) is 0. The van der Waals surface area contributed by atoms with Gasteiger partial charge in [0.15, 0.2) is 0 Å². The van der Waals surface area contributed by atoms with Gasteiger partial charge in [-0.1, -0.05) is 6.92 Å². The Kier molecular flexibility index (Phi) is 2.72. The number of likely N-dealkylation sites (tertiary alicyclic amines) is 1. The summed E-state index contributed by atoms with van der Waals surface area (Å²) in [6, 6.07) is 1.65. The van der Waals surface area contributed by atoms with Gasteiger partial charge in [0.25, 0.3) is 0 Å². The first-order valence-electron chi connectivity index (χ1n) is 4.51. The van der Waals surface area contributed by atoms with E-state index in [0.717, 1.165) is 12.1 Å². The summed E-state index contributed by atoms with van der Waals surface area (Å²) in [5.74, 6) is 0. The summed E-state index contributed by atoms with van der Waals surface area (Å²) in [6.07, 6.45) is 4.11. The largest absolute Gasteiger partial charge is 0.298 e. The molecule has 1 heteroatoms. The van der Waals surface area contributed by atoms with Crippen molar-refractivity contribution in [1.29, 1.82) is 0 Å². The van der Waals surface area contributed by atoms with E-state index in [1.54, 1.807) is 0 Å². The van der Waals surface area contributed by atoms with Gasteiger partial charge >= 0.3 is 0 Å². The van der Waals surface area contributed by atoms with E-state index in [0.29, 0.717) is 0 Å². The normalized spacial score (nSPS) is 30.9. The Morgan fingerprint density at radius 3 is 2.70 bits per heavy atom. The van der Waals surface area contributed by atoms with E-state index in [-0.39, 0.29) is 0 Å². The first-order chi connectivity index (χ1) is 4.75. The first-order valence-corrected chi connectivity index (χ1v) is 4.51. The molecule has 1 aliphatic heterocycles. The number of nitrogens with zero attached hydrogens (tertiary/aromatic N) is 1. The lowest BCUT2D eigenvalue weighted by Crippen LogP contribution is -2.34. The third-order valence-electron chi connectivity index (χ3n) is 2.76. The van der Waals surface area contributed by atoms with Gasteiger partial charge in [-0.05, 0) is 39.7 Å². The summed E-state index contributed by atoms with van der Waals surface area (Å²) in [5.41, 5.74) is 0. The molecule has 1 fully saturated rings. The fraction of sp³-hybridized carbons (Fsp3) is 1.00. The van der Waals surface area contributed by atoms with Crippen LogP contribution >= 0.6 is 0 Å². The standard InChI is InChI=1S/C9H19N/c1-4-8(2)10-7-5-6-9(10)3/h8-9H,4-7H2,1-3H3/t8?,9-/m0/s1. The van der Waals surface area contributed by atoms with Crippen LogP contribution in [0.5, 0.6) is 0 Å². The maximum absolute atomic E-state index is 2.62. The number of hydrogen-bond acceptors (Lipinski definition) is 1. The molecule has 1 saturated heterocycles. The molecule has 0 radical (unpaired) electrons. The summed E-state index contributed by atoms with van der Waals surface area (Å²) in [6.45, 7) is 8.28. The molecule has 0 bridgehead atoms. The molecule has 1 unspecified atom stereocenters. The lowest BCUT2D eigenvalue weighted by molar-refractivity contribution is 0.198. The Labute approximate surface area is 64.4 Å². The van der Waals surface area contributed by atoms with Gasteiger partial charge in [-0.2, -0.15) is 0 Å². The molecule has 0 aromatic rings. The van der Waals surface area contributed by atoms with Crippen molar-refractivity contribution in [3.63, 3.8) is 0 Å². The highest BCUT2D eigenvalue weighted by Gasteiger charge is 2.23. The Bertz CT molecular complexity index is 101. The fourth-order valence-electron chi connectivity index (χ4n) is 1.84. The second-order valence-corrected chi connectivity index (χ2v) is 3.49. The zero-order chi connectivity index (χ0) is 7.56. The Morgan fingerprint density at radius 1 is 1.60 bits per heavy atom. The average Bonchev–Trinajstić information content (AvgIpc) is 2.34. The molecule has 0 amide bonds. The van der Waals surface area contributed by atoms with E-state index < -0.39 is 0 Å². The summed E-state index contributed by atoms with van der Waals surface area (Å²) in [7, 11) is 0. The van der Waals surface area contributed by atoms with E-state index >= 15 is 0 Å². The summed E-state index contributed by atoms with van der Waals surface area (Å²) < 4.78 is 0. The van der Waals surface area contributed by atoms with Crippen molar-refractivity contribution in [2.45, 2.75) is 52.1 Å². The van der Waals surface area contributed by atoms with Crippen LogP contribution < -0.4 is 0 Å². The Morgan fingerprint density at radius 2 is 2.30 bits per heavy atom. The third-order valence-corrected chi connectivity index (χ3v) is 2.76. The quantitative estimate of drug-likeness (QED) is 0.570. The first kappa shape index (κ1) is 8.06. The van der Waals surface area contributed by atoms with Gasteiger partial charge in [0.2, 0.25) is 0 Å². The lowest BCUT2D eigenvalue weighted by atomic mass is 10.2. The van der Waals surface area contributed by atoms with Crippen molar-refractivity contribution in [2.24, 2.45) is 0 Å². The summed E-state index contributed by atoms with van der Waals surface area (Å²) in [4.78, 5) is 2.62. The van der Waals surface area contributed by atoms with Crippen molar-refractivity contribution < 1.29 is 0 Å². The molecule has 0 aromatic carbocycles. The van der Waals surface area contributed by atoms with Crippen LogP contribution in [-0.4, -0.2) is 23.5 Å². The molecule has 10 heavy (non-hydrogen) atoms. The maximum Gasteiger partial charge on any atom is 0.00702 e. The van der Waals surface area contributed by atoms with Crippen LogP contribution in [0.2, 0.25) is 0 Å². The predicted octanol–water partition coefficient (Wildman–Crippen LogP) is 2.27. The van der Waals surface area contributed by atoms with E-state index in [2.05, 4.69) is 25.7 Å². The van der Waals surface area contributed by atoms with Gasteiger partial charge in [0.05, 0.1) is 0 Å². The van der Waals surface area contributed by atoms with Gasteiger partial charge in [-0.3, -0.25) is 4.90 Å². The second-order valence-electron chi connectivity index (χ2n) is 3.49. The Hall–Kier alpha value is -0.0400. The topological polar surface area (TPSA) is 3.24 Å². The van der Waals surface area contributed by atoms with Crippen LogP contribution in [0, 0.1) is 0 Å². The molecule has 0 spiro atoms. The predicted molar refractivity (Wildman–Crippen MR) is 45.2 cm³/mol. The van der Waals surface area contributed by atoms with Gasteiger partial charge in [0.1, 0.15) is 0 Å². The average molecular weight is 141 g/mol. The molecule has 0 saturated carbocycles. The van der Waals surface area contributed by atoms with Gasteiger partial charge < -0.3 is 0 Å². The minimum absolute atomic E-state index is 0.803. The van der Waals surface area contributed by atoms with Crippen LogP contribution in [0.1, 0.15) is 40.0 Å². The second kappa shape index (κ2) is 3.38. The summed E-state index contributed by atoms with van der Waals surface area (Å²) >= 11 is 0. The highest BCUT2D eigenvalue weighted by molar-refractivity contribution is 4.78. The molecule has 1 heterocycles. The monoisotopic (exact) mass is 141 g/mol. The molecule has 60 valence electrons. The van der Waals surface area contributed by atoms with E-state index in [1.807, 2.05) is 0 Å². The van der Waals surface area contributed by atoms with Gasteiger partial charge in [-0.25, -0.2) is 0 Å². The van der Waals surface area contributed by atoms with Crippen molar-refractivity contribution in [3.05, 3.63) is 0 Å². The Balaban J connectivity index is 2.38. The minimum atomic E-state index is 0.803. The molecule has 0 aliphatic carbocycles. The molecule has 1 rings (SSSR count). The number of rotatable bonds is 2. The molecule has 0 aromatic heterocycles. The van der Waals surface area contributed by atoms with Gasteiger partial charge in [0, 0.05) is 12.1 Å². The van der Waals surface area contributed by atoms with Crippen molar-refractivity contribution in [3.8, 4) is 0 Å². The highest BCUT2D eigenvalue weighted by atomic mass is 15.2. The molecule has 1 aliphatic rings. The molecule has 2 atom stereocenters. The van der Waals surface area contributed by atoms with Crippen LogP contribution in [-0.2, 0) is 0 Å². The van der Waals surface area contributed by atoms with Gasteiger partial charge in [-0.15, -0.1) is 0 Å². The molecular weight excluding hydrogens is 122 g/mol. The fourth-order valence-corrected chi connectivity index (χ4v) is 1.84. The zero-order valence-corrected chi connectivity index (χ0v) is 7.43. The lowest BCUT2D eigenvalue weighted by Gasteiger charge is -2.27. The van der Waals surface area contributed by atoms with E-state index in [9.17, 15) is 0 Å². The van der Waals surface area contributed by atoms with Crippen molar-refractivity contribution in [1.82, 2.24) is 4.90 Å². The van der Waals surface area contributed by atoms with Crippen molar-refractivity contribution in [2.75, 3.05) is 6.54 Å². The number of hydrogen-bond donors (Lipinski definition) is 0. The molecule has 0 N–H and O–H groups in total. The molecular formula is C9H19N. The van der Waals surface area contributed by atoms with E-state index in [1.165, 1.54) is 25.8 Å². The van der Waals surface area contributed by atoms with Crippen LogP contribution in [0.4, 0.5) is 0 Å². The van der Waals surface area contributed by atoms with Crippen LogP contribution in [0.15, 0.2) is 0 Å². The smallest absolute Gasteiger partial charge is 0.00702 e. The van der Waals surface area contributed by atoms with Crippen LogP contribution in [0.3, 0.4) is 0 Å². The SMILES string of the molecule is CCC(C)N1CCC[C@@H]1C. The highest BCUT2D eigenvalue weighted by Crippen LogP contribution is 2.20.